The lowest BCUT2D eigenvalue weighted by atomic mass is 9.83. The van der Waals surface area contributed by atoms with Crippen LogP contribution in [-0.4, -0.2) is 6.54 Å². The van der Waals surface area contributed by atoms with Crippen LogP contribution in [0, 0.1) is 17.7 Å². The van der Waals surface area contributed by atoms with Gasteiger partial charge in [0.1, 0.15) is 5.82 Å². The molecule has 0 radical (unpaired) electrons. The molecule has 1 atom stereocenters. The van der Waals surface area contributed by atoms with Crippen molar-refractivity contribution < 1.29 is 4.39 Å². The van der Waals surface area contributed by atoms with E-state index < -0.39 is 0 Å². The SMILES string of the molecule is CC1CCC(CNC(C)c2ccc(F)cc2Br)CC1. The Labute approximate surface area is 124 Å². The molecular weight excluding hydrogens is 305 g/mol. The molecule has 0 spiro atoms. The molecule has 106 valence electrons. The van der Waals surface area contributed by atoms with Gasteiger partial charge >= 0.3 is 0 Å². The van der Waals surface area contributed by atoms with E-state index in [1.807, 2.05) is 6.07 Å². The highest BCUT2D eigenvalue weighted by Gasteiger charge is 2.19. The normalized spacial score (nSPS) is 25.3. The first-order valence-electron chi connectivity index (χ1n) is 7.24. The second-order valence-electron chi connectivity index (χ2n) is 5.92. The van der Waals surface area contributed by atoms with Crippen LogP contribution in [0.15, 0.2) is 22.7 Å². The van der Waals surface area contributed by atoms with Gasteiger partial charge in [-0.2, -0.15) is 0 Å². The predicted molar refractivity (Wildman–Crippen MR) is 81.6 cm³/mol. The smallest absolute Gasteiger partial charge is 0.124 e. The van der Waals surface area contributed by atoms with Crippen molar-refractivity contribution in [3.63, 3.8) is 0 Å². The summed E-state index contributed by atoms with van der Waals surface area (Å²) in [5, 5.41) is 3.59. The Bertz CT molecular complexity index is 413. The van der Waals surface area contributed by atoms with Crippen molar-refractivity contribution in [3.8, 4) is 0 Å². The van der Waals surface area contributed by atoms with Crippen LogP contribution in [0.2, 0.25) is 0 Å². The highest BCUT2D eigenvalue weighted by Crippen LogP contribution is 2.29. The largest absolute Gasteiger partial charge is 0.310 e. The zero-order valence-electron chi connectivity index (χ0n) is 11.8. The lowest BCUT2D eigenvalue weighted by molar-refractivity contribution is 0.276. The van der Waals surface area contributed by atoms with Crippen molar-refractivity contribution in [1.29, 1.82) is 0 Å². The maximum absolute atomic E-state index is 13.1. The van der Waals surface area contributed by atoms with Gasteiger partial charge in [-0.05, 0) is 55.8 Å². The fraction of sp³-hybridized carbons (Fsp3) is 0.625. The molecule has 0 aliphatic heterocycles. The van der Waals surface area contributed by atoms with Gasteiger partial charge < -0.3 is 5.32 Å². The average molecular weight is 328 g/mol. The fourth-order valence-corrected chi connectivity index (χ4v) is 3.53. The molecule has 19 heavy (non-hydrogen) atoms. The maximum atomic E-state index is 13.1. The highest BCUT2D eigenvalue weighted by molar-refractivity contribution is 9.10. The molecule has 1 aromatic carbocycles. The molecule has 0 bridgehead atoms. The number of hydrogen-bond acceptors (Lipinski definition) is 1. The zero-order chi connectivity index (χ0) is 13.8. The van der Waals surface area contributed by atoms with Gasteiger partial charge in [-0.1, -0.05) is 41.8 Å². The van der Waals surface area contributed by atoms with Crippen molar-refractivity contribution in [1.82, 2.24) is 5.32 Å². The van der Waals surface area contributed by atoms with Gasteiger partial charge in [-0.25, -0.2) is 4.39 Å². The van der Waals surface area contributed by atoms with Gasteiger partial charge in [0, 0.05) is 10.5 Å². The number of rotatable bonds is 4. The summed E-state index contributed by atoms with van der Waals surface area (Å²) in [5.74, 6) is 1.52. The molecule has 1 N–H and O–H groups in total. The number of benzene rings is 1. The summed E-state index contributed by atoms with van der Waals surface area (Å²) in [6.45, 7) is 5.56. The Kier molecular flexibility index (Phi) is 5.40. The van der Waals surface area contributed by atoms with Gasteiger partial charge in [0.25, 0.3) is 0 Å². The summed E-state index contributed by atoms with van der Waals surface area (Å²) < 4.78 is 13.9. The quantitative estimate of drug-likeness (QED) is 0.814. The molecule has 0 heterocycles. The van der Waals surface area contributed by atoms with Crippen LogP contribution in [-0.2, 0) is 0 Å². The topological polar surface area (TPSA) is 12.0 Å². The van der Waals surface area contributed by atoms with Crippen LogP contribution in [0.1, 0.15) is 51.1 Å². The fourth-order valence-electron chi connectivity index (χ4n) is 2.84. The molecule has 0 amide bonds. The minimum Gasteiger partial charge on any atom is -0.310 e. The van der Waals surface area contributed by atoms with Crippen molar-refractivity contribution in [2.24, 2.45) is 11.8 Å². The molecule has 1 aliphatic carbocycles. The van der Waals surface area contributed by atoms with Gasteiger partial charge in [0.15, 0.2) is 0 Å². The molecular formula is C16H23BrFN. The van der Waals surface area contributed by atoms with Crippen molar-refractivity contribution in [2.75, 3.05) is 6.54 Å². The van der Waals surface area contributed by atoms with E-state index >= 15 is 0 Å². The van der Waals surface area contributed by atoms with Crippen LogP contribution in [0.5, 0.6) is 0 Å². The molecule has 1 saturated carbocycles. The van der Waals surface area contributed by atoms with Gasteiger partial charge in [0.2, 0.25) is 0 Å². The van der Waals surface area contributed by atoms with E-state index in [-0.39, 0.29) is 11.9 Å². The van der Waals surface area contributed by atoms with Crippen LogP contribution < -0.4 is 5.32 Å². The molecule has 1 aromatic rings. The Morgan fingerprint density at radius 3 is 2.63 bits per heavy atom. The Balaban J connectivity index is 1.85. The van der Waals surface area contributed by atoms with E-state index in [0.29, 0.717) is 0 Å². The zero-order valence-corrected chi connectivity index (χ0v) is 13.3. The maximum Gasteiger partial charge on any atom is 0.124 e. The Morgan fingerprint density at radius 1 is 1.32 bits per heavy atom. The van der Waals surface area contributed by atoms with Crippen LogP contribution >= 0.6 is 15.9 Å². The second-order valence-corrected chi connectivity index (χ2v) is 6.78. The highest BCUT2D eigenvalue weighted by atomic mass is 79.9. The first-order chi connectivity index (χ1) is 9.06. The van der Waals surface area contributed by atoms with Crippen molar-refractivity contribution in [2.45, 2.75) is 45.6 Å². The predicted octanol–water partition coefficient (Wildman–Crippen LogP) is 5.07. The standard InChI is InChI=1S/C16H23BrFN/c1-11-3-5-13(6-4-11)10-19-12(2)15-8-7-14(18)9-16(15)17/h7-9,11-13,19H,3-6,10H2,1-2H3. The van der Waals surface area contributed by atoms with Gasteiger partial charge in [-0.15, -0.1) is 0 Å². The third-order valence-electron chi connectivity index (χ3n) is 4.28. The van der Waals surface area contributed by atoms with Crippen LogP contribution in [0.25, 0.3) is 0 Å². The molecule has 1 nitrogen and oxygen atoms in total. The molecule has 1 unspecified atom stereocenters. The summed E-state index contributed by atoms with van der Waals surface area (Å²) in [7, 11) is 0. The van der Waals surface area contributed by atoms with Gasteiger partial charge in [-0.3, -0.25) is 0 Å². The summed E-state index contributed by atoms with van der Waals surface area (Å²) in [5.41, 5.74) is 1.13. The molecule has 2 rings (SSSR count). The molecule has 1 aliphatic rings. The number of hydrogen-bond donors (Lipinski definition) is 1. The summed E-state index contributed by atoms with van der Waals surface area (Å²) in [4.78, 5) is 0. The van der Waals surface area contributed by atoms with Crippen molar-refractivity contribution >= 4 is 15.9 Å². The van der Waals surface area contributed by atoms with E-state index in [1.54, 1.807) is 0 Å². The van der Waals surface area contributed by atoms with Crippen LogP contribution in [0.4, 0.5) is 4.39 Å². The summed E-state index contributed by atoms with van der Waals surface area (Å²) in [6.07, 6.45) is 5.40. The van der Waals surface area contributed by atoms with E-state index in [2.05, 4.69) is 35.1 Å². The Hall–Kier alpha value is -0.410. The first kappa shape index (κ1) is 15.0. The number of nitrogens with one attached hydrogen (secondary N) is 1. The summed E-state index contributed by atoms with van der Waals surface area (Å²) in [6, 6.07) is 5.19. The molecule has 0 aromatic heterocycles. The van der Waals surface area contributed by atoms with E-state index in [1.165, 1.54) is 37.8 Å². The van der Waals surface area contributed by atoms with Crippen molar-refractivity contribution in [3.05, 3.63) is 34.1 Å². The van der Waals surface area contributed by atoms with E-state index in [9.17, 15) is 4.39 Å². The lowest BCUT2D eigenvalue weighted by Crippen LogP contribution is -2.28. The van der Waals surface area contributed by atoms with E-state index in [4.69, 9.17) is 0 Å². The second kappa shape index (κ2) is 6.85. The lowest BCUT2D eigenvalue weighted by Gasteiger charge is -2.27. The minimum atomic E-state index is -0.191. The molecule has 1 fully saturated rings. The molecule has 0 saturated heterocycles. The summed E-state index contributed by atoms with van der Waals surface area (Å²) >= 11 is 3.44. The third kappa shape index (κ3) is 4.28. The minimum absolute atomic E-state index is 0.191. The van der Waals surface area contributed by atoms with E-state index in [0.717, 1.165) is 28.4 Å². The molecule has 3 heteroatoms. The number of halogens is 2. The van der Waals surface area contributed by atoms with Crippen LogP contribution in [0.3, 0.4) is 0 Å². The monoisotopic (exact) mass is 327 g/mol. The average Bonchev–Trinajstić information content (AvgIpc) is 2.37. The Morgan fingerprint density at radius 2 is 2.00 bits per heavy atom. The van der Waals surface area contributed by atoms with Gasteiger partial charge in [0.05, 0.1) is 0 Å². The first-order valence-corrected chi connectivity index (χ1v) is 8.04. The third-order valence-corrected chi connectivity index (χ3v) is 4.96.